The molecule has 0 atom stereocenters. The maximum Gasteiger partial charge on any atom is 0.123 e. The van der Waals surface area contributed by atoms with E-state index in [0.29, 0.717) is 0 Å². The highest BCUT2D eigenvalue weighted by molar-refractivity contribution is 7.13. The monoisotopic (exact) mass is 234 g/mol. The first kappa shape index (κ1) is 12.9. The summed E-state index contributed by atoms with van der Waals surface area (Å²) in [6, 6.07) is 10.2. The molecule has 2 aromatic rings. The van der Waals surface area contributed by atoms with E-state index in [-0.39, 0.29) is 0 Å². The number of nitrogens with zero attached hydrogens (tertiary/aromatic N) is 1. The third-order valence-corrected chi connectivity index (χ3v) is 2.83. The molecule has 0 bridgehead atoms. The lowest BCUT2D eigenvalue weighted by Gasteiger charge is -1.91. The van der Waals surface area contributed by atoms with Gasteiger partial charge in [-0.2, -0.15) is 0 Å². The number of aromatic nitrogens is 1. The normalized spacial score (nSPS) is 9.38. The number of hydrogen-bond acceptors (Lipinski definition) is 3. The standard InChI is InChI=1S/C9H7NS.C4H11N/c1-2-4-8(5-3-1)9-10-6-7-11-9;1-2-3-4-5/h1-7H;2-5H2,1H3. The van der Waals surface area contributed by atoms with Crippen molar-refractivity contribution in [1.82, 2.24) is 4.98 Å². The van der Waals surface area contributed by atoms with Crippen molar-refractivity contribution in [2.75, 3.05) is 6.54 Å². The molecule has 16 heavy (non-hydrogen) atoms. The molecule has 86 valence electrons. The first-order valence-electron chi connectivity index (χ1n) is 5.53. The Morgan fingerprint density at radius 3 is 2.44 bits per heavy atom. The molecule has 0 radical (unpaired) electrons. The second-order valence-electron chi connectivity index (χ2n) is 3.35. The van der Waals surface area contributed by atoms with Gasteiger partial charge in [0.2, 0.25) is 0 Å². The van der Waals surface area contributed by atoms with Crippen molar-refractivity contribution in [3.05, 3.63) is 41.9 Å². The highest BCUT2D eigenvalue weighted by Gasteiger charge is 1.95. The van der Waals surface area contributed by atoms with Crippen LogP contribution in [0.2, 0.25) is 0 Å². The first-order valence-corrected chi connectivity index (χ1v) is 6.41. The summed E-state index contributed by atoms with van der Waals surface area (Å²) in [6.07, 6.45) is 4.21. The summed E-state index contributed by atoms with van der Waals surface area (Å²) in [6.45, 7) is 2.98. The van der Waals surface area contributed by atoms with Crippen molar-refractivity contribution >= 4 is 11.3 Å². The van der Waals surface area contributed by atoms with Crippen LogP contribution in [0.4, 0.5) is 0 Å². The largest absolute Gasteiger partial charge is 0.330 e. The summed E-state index contributed by atoms with van der Waals surface area (Å²) in [5, 5.41) is 3.08. The Balaban J connectivity index is 0.000000221. The molecule has 0 aliphatic carbocycles. The average Bonchev–Trinajstić information content (AvgIpc) is 2.86. The van der Waals surface area contributed by atoms with Crippen LogP contribution in [0.5, 0.6) is 0 Å². The third-order valence-electron chi connectivity index (χ3n) is 2.01. The fraction of sp³-hybridized carbons (Fsp3) is 0.308. The fourth-order valence-electron chi connectivity index (χ4n) is 1.15. The van der Waals surface area contributed by atoms with Gasteiger partial charge in [-0.3, -0.25) is 0 Å². The van der Waals surface area contributed by atoms with E-state index >= 15 is 0 Å². The van der Waals surface area contributed by atoms with Gasteiger partial charge >= 0.3 is 0 Å². The van der Waals surface area contributed by atoms with Gasteiger partial charge in [0.1, 0.15) is 5.01 Å². The van der Waals surface area contributed by atoms with Gasteiger partial charge in [0.05, 0.1) is 0 Å². The molecule has 0 spiro atoms. The second kappa shape index (κ2) is 8.02. The number of nitrogens with two attached hydrogens (primary N) is 1. The quantitative estimate of drug-likeness (QED) is 0.882. The molecule has 2 N–H and O–H groups in total. The van der Waals surface area contributed by atoms with Crippen LogP contribution in [0.3, 0.4) is 0 Å². The number of rotatable bonds is 3. The van der Waals surface area contributed by atoms with Crippen molar-refractivity contribution in [3.8, 4) is 10.6 Å². The lowest BCUT2D eigenvalue weighted by atomic mass is 10.2. The lowest BCUT2D eigenvalue weighted by Crippen LogP contribution is -1.95. The van der Waals surface area contributed by atoms with Crippen molar-refractivity contribution in [1.29, 1.82) is 0 Å². The summed E-state index contributed by atoms with van der Waals surface area (Å²) in [4.78, 5) is 4.20. The van der Waals surface area contributed by atoms with Crippen molar-refractivity contribution in [2.45, 2.75) is 19.8 Å². The molecule has 1 aromatic heterocycles. The minimum absolute atomic E-state index is 0.844. The summed E-state index contributed by atoms with van der Waals surface area (Å²) < 4.78 is 0. The number of unbranched alkanes of at least 4 members (excludes halogenated alkanes) is 1. The van der Waals surface area contributed by atoms with Crippen molar-refractivity contribution in [2.24, 2.45) is 5.73 Å². The molecule has 2 rings (SSSR count). The van der Waals surface area contributed by atoms with Gasteiger partial charge < -0.3 is 5.73 Å². The Morgan fingerprint density at radius 1 is 1.25 bits per heavy atom. The topological polar surface area (TPSA) is 38.9 Å². The van der Waals surface area contributed by atoms with E-state index in [4.69, 9.17) is 5.73 Å². The summed E-state index contributed by atoms with van der Waals surface area (Å²) >= 11 is 1.66. The molecule has 2 nitrogen and oxygen atoms in total. The number of hydrogen-bond donors (Lipinski definition) is 1. The van der Waals surface area contributed by atoms with Crippen LogP contribution < -0.4 is 5.73 Å². The maximum atomic E-state index is 5.14. The smallest absolute Gasteiger partial charge is 0.123 e. The highest BCUT2D eigenvalue weighted by atomic mass is 32.1. The zero-order valence-electron chi connectivity index (χ0n) is 9.60. The zero-order chi connectivity index (χ0) is 11.6. The fourth-order valence-corrected chi connectivity index (χ4v) is 1.80. The van der Waals surface area contributed by atoms with E-state index in [1.165, 1.54) is 18.4 Å². The van der Waals surface area contributed by atoms with E-state index in [2.05, 4.69) is 24.0 Å². The third kappa shape index (κ3) is 4.55. The summed E-state index contributed by atoms with van der Waals surface area (Å²) in [7, 11) is 0. The Labute approximate surface area is 101 Å². The molecule has 1 aromatic carbocycles. The van der Waals surface area contributed by atoms with Crippen molar-refractivity contribution < 1.29 is 0 Å². The molecule has 0 unspecified atom stereocenters. The van der Waals surface area contributed by atoms with Crippen molar-refractivity contribution in [3.63, 3.8) is 0 Å². The van der Waals surface area contributed by atoms with E-state index < -0.39 is 0 Å². The molecular formula is C13H18N2S. The van der Waals surface area contributed by atoms with Gasteiger partial charge in [-0.25, -0.2) is 4.98 Å². The van der Waals surface area contributed by atoms with Gasteiger partial charge in [-0.1, -0.05) is 43.7 Å². The van der Waals surface area contributed by atoms with Gasteiger partial charge in [0.25, 0.3) is 0 Å². The average molecular weight is 234 g/mol. The number of benzene rings is 1. The Kier molecular flexibility index (Phi) is 6.45. The van der Waals surface area contributed by atoms with Crippen LogP contribution >= 0.6 is 11.3 Å². The van der Waals surface area contributed by atoms with Gasteiger partial charge in [-0.05, 0) is 13.0 Å². The Morgan fingerprint density at radius 2 is 2.00 bits per heavy atom. The van der Waals surface area contributed by atoms with Gasteiger partial charge in [0, 0.05) is 17.1 Å². The van der Waals surface area contributed by atoms with Crippen LogP contribution in [-0.4, -0.2) is 11.5 Å². The minimum atomic E-state index is 0.844. The van der Waals surface area contributed by atoms with Gasteiger partial charge in [0.15, 0.2) is 0 Å². The van der Waals surface area contributed by atoms with Gasteiger partial charge in [-0.15, -0.1) is 11.3 Å². The van der Waals surface area contributed by atoms with Crippen LogP contribution in [0, 0.1) is 0 Å². The molecule has 0 saturated heterocycles. The molecule has 0 amide bonds. The predicted octanol–water partition coefficient (Wildman–Crippen LogP) is 3.56. The maximum absolute atomic E-state index is 5.14. The predicted molar refractivity (Wildman–Crippen MR) is 71.5 cm³/mol. The van der Waals surface area contributed by atoms with E-state index in [1.54, 1.807) is 11.3 Å². The summed E-state index contributed by atoms with van der Waals surface area (Å²) in [5.41, 5.74) is 6.34. The Hall–Kier alpha value is -1.19. The molecule has 0 aliphatic rings. The molecule has 1 heterocycles. The lowest BCUT2D eigenvalue weighted by molar-refractivity contribution is 0.807. The Bertz CT molecular complexity index is 355. The van der Waals surface area contributed by atoms with Crippen LogP contribution in [0.25, 0.3) is 10.6 Å². The number of thiazole rings is 1. The molecule has 0 fully saturated rings. The van der Waals surface area contributed by atoms with E-state index in [0.717, 1.165) is 11.6 Å². The van der Waals surface area contributed by atoms with Crippen LogP contribution in [0.1, 0.15) is 19.8 Å². The SMILES string of the molecule is CCCCN.c1ccc(-c2nccs2)cc1. The molecule has 0 aliphatic heterocycles. The van der Waals surface area contributed by atoms with E-state index in [1.807, 2.05) is 29.8 Å². The van der Waals surface area contributed by atoms with Crippen LogP contribution in [-0.2, 0) is 0 Å². The first-order chi connectivity index (χ1) is 7.88. The van der Waals surface area contributed by atoms with E-state index in [9.17, 15) is 0 Å². The molecular weight excluding hydrogens is 216 g/mol. The highest BCUT2D eigenvalue weighted by Crippen LogP contribution is 2.20. The van der Waals surface area contributed by atoms with Crippen LogP contribution in [0.15, 0.2) is 41.9 Å². The second-order valence-corrected chi connectivity index (χ2v) is 4.24. The minimum Gasteiger partial charge on any atom is -0.330 e. The molecule has 3 heteroatoms. The summed E-state index contributed by atoms with van der Waals surface area (Å²) in [5.74, 6) is 0. The zero-order valence-corrected chi connectivity index (χ0v) is 10.4. The molecule has 0 saturated carbocycles.